The fraction of sp³-hybridized carbons (Fsp3) is 0.333. The first-order valence-corrected chi connectivity index (χ1v) is 10.2. The van der Waals surface area contributed by atoms with Crippen molar-refractivity contribution in [3.05, 3.63) is 65.7 Å². The predicted octanol–water partition coefficient (Wildman–Crippen LogP) is 3.42. The Bertz CT molecular complexity index is 967. The Hall–Kier alpha value is -3.48. The lowest BCUT2D eigenvalue weighted by molar-refractivity contribution is -0.151. The Labute approximate surface area is 180 Å². The van der Waals surface area contributed by atoms with Gasteiger partial charge in [-0.25, -0.2) is 4.79 Å². The van der Waals surface area contributed by atoms with E-state index in [4.69, 9.17) is 9.47 Å². The number of ether oxygens (including phenoxy) is 2. The van der Waals surface area contributed by atoms with Crippen LogP contribution in [0.3, 0.4) is 0 Å². The lowest BCUT2D eigenvalue weighted by atomic mass is 10.1. The minimum Gasteiger partial charge on any atom is -0.459 e. The van der Waals surface area contributed by atoms with Crippen molar-refractivity contribution in [2.45, 2.75) is 39.4 Å². The monoisotopic (exact) mass is 423 g/mol. The number of hydrogen-bond donors (Lipinski definition) is 0. The summed E-state index contributed by atoms with van der Waals surface area (Å²) in [6.07, 6.45) is -1.16. The second-order valence-electron chi connectivity index (χ2n) is 7.72. The molecule has 0 bridgehead atoms. The summed E-state index contributed by atoms with van der Waals surface area (Å²) in [6, 6.07) is 15.0. The van der Waals surface area contributed by atoms with E-state index in [2.05, 4.69) is 0 Å². The molecule has 0 radical (unpaired) electrons. The number of rotatable bonds is 7. The van der Waals surface area contributed by atoms with E-state index in [1.165, 1.54) is 11.8 Å². The van der Waals surface area contributed by atoms with Gasteiger partial charge in [-0.3, -0.25) is 14.4 Å². The summed E-state index contributed by atoms with van der Waals surface area (Å²) in [4.78, 5) is 50.8. The molecule has 2 aromatic carbocycles. The van der Waals surface area contributed by atoms with Crippen molar-refractivity contribution in [2.24, 2.45) is 5.92 Å². The van der Waals surface area contributed by atoms with E-state index in [1.54, 1.807) is 68.4 Å². The van der Waals surface area contributed by atoms with Crippen molar-refractivity contribution >= 4 is 29.3 Å². The van der Waals surface area contributed by atoms with E-state index in [9.17, 15) is 19.2 Å². The molecule has 7 heteroatoms. The molecule has 1 saturated heterocycles. The largest absolute Gasteiger partial charge is 0.459 e. The van der Waals surface area contributed by atoms with Gasteiger partial charge in [0.25, 0.3) is 0 Å². The summed E-state index contributed by atoms with van der Waals surface area (Å²) in [5.41, 5.74) is 1.42. The fourth-order valence-electron chi connectivity index (χ4n) is 3.34. The summed E-state index contributed by atoms with van der Waals surface area (Å²) in [7, 11) is 0. The van der Waals surface area contributed by atoms with Crippen LogP contribution in [0.2, 0.25) is 0 Å². The summed E-state index contributed by atoms with van der Waals surface area (Å²) < 4.78 is 10.5. The Morgan fingerprint density at radius 3 is 2.16 bits per heavy atom. The number of anilines is 1. The fourth-order valence-corrected chi connectivity index (χ4v) is 3.34. The molecule has 7 nitrogen and oxygen atoms in total. The van der Waals surface area contributed by atoms with Crippen molar-refractivity contribution in [3.63, 3.8) is 0 Å². The first-order valence-electron chi connectivity index (χ1n) is 10.2. The normalized spacial score (nSPS) is 16.8. The molecule has 1 aliphatic heterocycles. The maximum absolute atomic E-state index is 12.5. The third-order valence-electron chi connectivity index (χ3n) is 4.94. The van der Waals surface area contributed by atoms with Crippen LogP contribution in [-0.2, 0) is 19.1 Å². The van der Waals surface area contributed by atoms with E-state index >= 15 is 0 Å². The minimum absolute atomic E-state index is 0.00221. The van der Waals surface area contributed by atoms with E-state index < -0.39 is 24.0 Å². The molecule has 0 spiro atoms. The van der Waals surface area contributed by atoms with Gasteiger partial charge in [0.05, 0.1) is 17.6 Å². The summed E-state index contributed by atoms with van der Waals surface area (Å²) in [5, 5.41) is 0. The average molecular weight is 423 g/mol. The number of nitrogens with zero attached hydrogens (tertiary/aromatic N) is 1. The molecule has 2 aromatic rings. The van der Waals surface area contributed by atoms with Crippen molar-refractivity contribution in [2.75, 3.05) is 11.4 Å². The van der Waals surface area contributed by atoms with E-state index in [0.29, 0.717) is 16.8 Å². The molecule has 2 atom stereocenters. The van der Waals surface area contributed by atoms with Crippen LogP contribution in [-0.4, -0.2) is 42.4 Å². The number of carbonyl (C=O) groups excluding carboxylic acids is 4. The highest BCUT2D eigenvalue weighted by Gasteiger charge is 2.37. The minimum atomic E-state index is -0.940. The molecule has 31 heavy (non-hydrogen) atoms. The number of esters is 2. The zero-order valence-electron chi connectivity index (χ0n) is 17.7. The van der Waals surface area contributed by atoms with Crippen molar-refractivity contribution in [1.82, 2.24) is 0 Å². The zero-order chi connectivity index (χ0) is 22.5. The highest BCUT2D eigenvalue weighted by atomic mass is 16.5. The van der Waals surface area contributed by atoms with Crippen LogP contribution in [0.25, 0.3) is 0 Å². The lowest BCUT2D eigenvalue weighted by Crippen LogP contribution is -2.30. The van der Waals surface area contributed by atoms with Crippen LogP contribution in [0.4, 0.5) is 5.69 Å². The lowest BCUT2D eigenvalue weighted by Gasteiger charge is -2.18. The number of ketones is 1. The SMILES string of the molecule is CC(C)OC(=O)c1ccc(N2C[C@@H](C(=O)O[C@H](C)C(=O)c3ccccc3)CC2=O)cc1. The molecule has 1 amide bonds. The van der Waals surface area contributed by atoms with E-state index in [0.717, 1.165) is 0 Å². The van der Waals surface area contributed by atoms with E-state index in [1.807, 2.05) is 0 Å². The second kappa shape index (κ2) is 9.55. The summed E-state index contributed by atoms with van der Waals surface area (Å²) in [6.45, 7) is 5.21. The van der Waals surface area contributed by atoms with Gasteiger partial charge in [-0.2, -0.15) is 0 Å². The van der Waals surface area contributed by atoms with Gasteiger partial charge in [0.2, 0.25) is 11.7 Å². The molecule has 1 heterocycles. The Morgan fingerprint density at radius 1 is 0.903 bits per heavy atom. The first kappa shape index (κ1) is 22.2. The highest BCUT2D eigenvalue weighted by Crippen LogP contribution is 2.27. The summed E-state index contributed by atoms with van der Waals surface area (Å²) >= 11 is 0. The average Bonchev–Trinajstić information content (AvgIpc) is 3.15. The number of benzene rings is 2. The van der Waals surface area contributed by atoms with Gasteiger partial charge in [0.1, 0.15) is 0 Å². The quantitative estimate of drug-likeness (QED) is 0.501. The van der Waals surface area contributed by atoms with Crippen LogP contribution >= 0.6 is 0 Å². The third kappa shape index (κ3) is 5.36. The van der Waals surface area contributed by atoms with Crippen LogP contribution in [0.5, 0.6) is 0 Å². The molecule has 1 aliphatic rings. The number of amides is 1. The number of hydrogen-bond acceptors (Lipinski definition) is 6. The molecular weight excluding hydrogens is 398 g/mol. The summed E-state index contributed by atoms with van der Waals surface area (Å²) in [5.74, 6) is -2.19. The Kier molecular flexibility index (Phi) is 6.84. The standard InChI is InChI=1S/C24H25NO6/c1-15(2)30-23(28)18-9-11-20(12-10-18)25-14-19(13-21(25)26)24(29)31-16(3)22(27)17-7-5-4-6-8-17/h4-12,15-16,19H,13-14H2,1-3H3/t16-,19+/m1/s1. The molecule has 0 aliphatic carbocycles. The van der Waals surface area contributed by atoms with Crippen LogP contribution in [0.1, 0.15) is 47.9 Å². The van der Waals surface area contributed by atoms with Gasteiger partial charge in [-0.1, -0.05) is 30.3 Å². The maximum atomic E-state index is 12.5. The molecule has 162 valence electrons. The highest BCUT2D eigenvalue weighted by molar-refractivity contribution is 6.02. The van der Waals surface area contributed by atoms with Crippen molar-refractivity contribution < 1.29 is 28.7 Å². The van der Waals surface area contributed by atoms with Crippen LogP contribution in [0.15, 0.2) is 54.6 Å². The molecular formula is C24H25NO6. The van der Waals surface area contributed by atoms with Gasteiger partial charge >= 0.3 is 11.9 Å². The van der Waals surface area contributed by atoms with E-state index in [-0.39, 0.29) is 30.8 Å². The molecule has 1 fully saturated rings. The van der Waals surface area contributed by atoms with Crippen molar-refractivity contribution in [1.29, 1.82) is 0 Å². The molecule has 3 rings (SSSR count). The van der Waals surface area contributed by atoms with Gasteiger partial charge in [0, 0.05) is 24.2 Å². The van der Waals surface area contributed by atoms with Gasteiger partial charge in [0.15, 0.2) is 6.10 Å². The molecule has 0 saturated carbocycles. The zero-order valence-corrected chi connectivity index (χ0v) is 17.7. The maximum Gasteiger partial charge on any atom is 0.338 e. The Morgan fingerprint density at radius 2 is 1.55 bits per heavy atom. The topological polar surface area (TPSA) is 90.0 Å². The predicted molar refractivity (Wildman–Crippen MR) is 114 cm³/mol. The number of Topliss-reactive ketones (excluding diaryl/α,β-unsaturated/α-hetero) is 1. The van der Waals surface area contributed by atoms with Crippen molar-refractivity contribution in [3.8, 4) is 0 Å². The Balaban J connectivity index is 1.61. The third-order valence-corrected chi connectivity index (χ3v) is 4.94. The first-order chi connectivity index (χ1) is 14.8. The molecule has 0 N–H and O–H groups in total. The van der Waals surface area contributed by atoms with Crippen LogP contribution < -0.4 is 4.90 Å². The van der Waals surface area contributed by atoms with Gasteiger partial charge in [-0.15, -0.1) is 0 Å². The molecule has 0 unspecified atom stereocenters. The van der Waals surface area contributed by atoms with Crippen LogP contribution in [0, 0.1) is 5.92 Å². The smallest absolute Gasteiger partial charge is 0.338 e. The van der Waals surface area contributed by atoms with Gasteiger partial charge in [-0.05, 0) is 45.0 Å². The second-order valence-corrected chi connectivity index (χ2v) is 7.72. The van der Waals surface area contributed by atoms with Gasteiger partial charge < -0.3 is 14.4 Å². The molecule has 0 aromatic heterocycles. The number of carbonyl (C=O) groups is 4.